The van der Waals surface area contributed by atoms with Crippen LogP contribution in [0.1, 0.15) is 31.2 Å². The van der Waals surface area contributed by atoms with Gasteiger partial charge in [0.15, 0.2) is 0 Å². The molecule has 1 N–H and O–H groups in total. The predicted octanol–water partition coefficient (Wildman–Crippen LogP) is 4.02. The Kier molecular flexibility index (Phi) is 3.06. The number of halogens is 1. The second-order valence-corrected chi connectivity index (χ2v) is 6.17. The third-order valence-corrected chi connectivity index (χ3v) is 4.76. The molecule has 1 aromatic carbocycles. The smallest absolute Gasteiger partial charge is 0.227 e. The Morgan fingerprint density at radius 2 is 2.17 bits per heavy atom. The Hall–Kier alpha value is -1.02. The average molecular weight is 264 g/mol. The van der Waals surface area contributed by atoms with Crippen LogP contribution in [0.5, 0.6) is 0 Å². The Morgan fingerprint density at radius 3 is 2.78 bits per heavy atom. The van der Waals surface area contributed by atoms with E-state index in [1.54, 1.807) is 0 Å². The molecule has 0 aliphatic heterocycles. The maximum atomic E-state index is 12.3. The minimum Gasteiger partial charge on any atom is -0.326 e. The molecule has 2 aliphatic carbocycles. The first-order chi connectivity index (χ1) is 8.63. The zero-order chi connectivity index (χ0) is 12.7. The van der Waals surface area contributed by atoms with Gasteiger partial charge < -0.3 is 5.32 Å². The summed E-state index contributed by atoms with van der Waals surface area (Å²) in [4.78, 5) is 12.3. The molecule has 2 saturated carbocycles. The van der Waals surface area contributed by atoms with Crippen molar-refractivity contribution in [2.45, 2.75) is 32.6 Å². The van der Waals surface area contributed by atoms with Crippen molar-refractivity contribution in [3.05, 3.63) is 28.8 Å². The summed E-state index contributed by atoms with van der Waals surface area (Å²) in [6, 6.07) is 5.60. The van der Waals surface area contributed by atoms with E-state index in [0.717, 1.165) is 23.6 Å². The van der Waals surface area contributed by atoms with Crippen molar-refractivity contribution < 1.29 is 4.79 Å². The lowest BCUT2D eigenvalue weighted by atomic mass is 9.88. The highest BCUT2D eigenvalue weighted by Gasteiger charge is 2.43. The van der Waals surface area contributed by atoms with Gasteiger partial charge in [0.2, 0.25) is 5.91 Å². The number of rotatable bonds is 2. The van der Waals surface area contributed by atoms with Crippen molar-refractivity contribution in [2.24, 2.45) is 17.8 Å². The van der Waals surface area contributed by atoms with E-state index in [0.29, 0.717) is 10.9 Å². The lowest BCUT2D eigenvalue weighted by Gasteiger charge is -2.21. The molecule has 3 rings (SSSR count). The summed E-state index contributed by atoms with van der Waals surface area (Å²) in [5.41, 5.74) is 1.92. The molecule has 0 heterocycles. The molecular formula is C15H18ClNO. The van der Waals surface area contributed by atoms with E-state index in [1.165, 1.54) is 19.3 Å². The fraction of sp³-hybridized carbons (Fsp3) is 0.533. The molecule has 2 fully saturated rings. The van der Waals surface area contributed by atoms with Crippen molar-refractivity contribution >= 4 is 23.2 Å². The van der Waals surface area contributed by atoms with Crippen LogP contribution in [0.2, 0.25) is 5.02 Å². The Labute approximate surface area is 113 Å². The van der Waals surface area contributed by atoms with E-state index in [1.807, 2.05) is 25.1 Å². The third kappa shape index (κ3) is 2.14. The summed E-state index contributed by atoms with van der Waals surface area (Å²) in [6.45, 7) is 1.97. The van der Waals surface area contributed by atoms with E-state index >= 15 is 0 Å². The molecule has 2 bridgehead atoms. The number of amides is 1. The number of hydrogen-bond donors (Lipinski definition) is 1. The summed E-state index contributed by atoms with van der Waals surface area (Å²) < 4.78 is 0. The van der Waals surface area contributed by atoms with Gasteiger partial charge in [-0.2, -0.15) is 0 Å². The number of carbonyl (C=O) groups is 1. The molecular weight excluding hydrogens is 246 g/mol. The van der Waals surface area contributed by atoms with E-state index in [-0.39, 0.29) is 11.8 Å². The maximum absolute atomic E-state index is 12.3. The molecule has 2 aliphatic rings. The Morgan fingerprint density at radius 1 is 1.33 bits per heavy atom. The average Bonchev–Trinajstić information content (AvgIpc) is 2.94. The standard InChI is InChI=1S/C15H18ClNO/c1-9-6-12(16)4-5-14(9)17-15(18)13-8-10-2-3-11(13)7-10/h4-6,10-11,13H,2-3,7-8H2,1H3,(H,17,18)/t10-,11-,13-/m0/s1. The van der Waals surface area contributed by atoms with Gasteiger partial charge in [-0.15, -0.1) is 0 Å². The number of carbonyl (C=O) groups excluding carboxylic acids is 1. The zero-order valence-electron chi connectivity index (χ0n) is 10.6. The molecule has 3 heteroatoms. The van der Waals surface area contributed by atoms with Gasteiger partial charge in [-0.05, 0) is 61.8 Å². The fourth-order valence-corrected chi connectivity index (χ4v) is 3.79. The van der Waals surface area contributed by atoms with Crippen LogP contribution >= 0.6 is 11.6 Å². The molecule has 96 valence electrons. The summed E-state index contributed by atoms with van der Waals surface area (Å²) in [6.07, 6.45) is 4.91. The molecule has 3 atom stereocenters. The number of aryl methyl sites for hydroxylation is 1. The van der Waals surface area contributed by atoms with Crippen LogP contribution in [-0.2, 0) is 4.79 Å². The van der Waals surface area contributed by atoms with E-state index in [2.05, 4.69) is 5.32 Å². The summed E-state index contributed by atoms with van der Waals surface area (Å²) in [5.74, 6) is 1.87. The highest BCUT2D eigenvalue weighted by atomic mass is 35.5. The van der Waals surface area contributed by atoms with Crippen LogP contribution in [0.3, 0.4) is 0 Å². The van der Waals surface area contributed by atoms with Gasteiger partial charge in [-0.25, -0.2) is 0 Å². The second kappa shape index (κ2) is 4.58. The molecule has 1 aromatic rings. The lowest BCUT2D eigenvalue weighted by Crippen LogP contribution is -2.27. The molecule has 1 amide bonds. The molecule has 0 unspecified atom stereocenters. The van der Waals surface area contributed by atoms with Crippen molar-refractivity contribution in [2.75, 3.05) is 5.32 Å². The van der Waals surface area contributed by atoms with Gasteiger partial charge in [-0.3, -0.25) is 4.79 Å². The number of anilines is 1. The number of fused-ring (bicyclic) bond motifs is 2. The Balaban J connectivity index is 1.71. The molecule has 0 saturated heterocycles. The first kappa shape index (κ1) is 12.0. The minimum absolute atomic E-state index is 0.202. The summed E-state index contributed by atoms with van der Waals surface area (Å²) in [7, 11) is 0. The van der Waals surface area contributed by atoms with Gasteiger partial charge in [0.1, 0.15) is 0 Å². The predicted molar refractivity (Wildman–Crippen MR) is 73.8 cm³/mol. The lowest BCUT2D eigenvalue weighted by molar-refractivity contribution is -0.121. The molecule has 2 nitrogen and oxygen atoms in total. The molecule has 0 spiro atoms. The van der Waals surface area contributed by atoms with Crippen molar-refractivity contribution in [3.63, 3.8) is 0 Å². The number of hydrogen-bond acceptors (Lipinski definition) is 1. The van der Waals surface area contributed by atoms with Gasteiger partial charge >= 0.3 is 0 Å². The molecule has 18 heavy (non-hydrogen) atoms. The molecule has 0 radical (unpaired) electrons. The zero-order valence-corrected chi connectivity index (χ0v) is 11.3. The first-order valence-corrected chi connectivity index (χ1v) is 7.08. The van der Waals surface area contributed by atoms with Gasteiger partial charge in [-0.1, -0.05) is 18.0 Å². The van der Waals surface area contributed by atoms with Crippen molar-refractivity contribution in [3.8, 4) is 0 Å². The van der Waals surface area contributed by atoms with Crippen LogP contribution in [-0.4, -0.2) is 5.91 Å². The van der Waals surface area contributed by atoms with E-state index < -0.39 is 0 Å². The third-order valence-electron chi connectivity index (χ3n) is 4.52. The number of benzene rings is 1. The topological polar surface area (TPSA) is 29.1 Å². The first-order valence-electron chi connectivity index (χ1n) is 6.70. The largest absolute Gasteiger partial charge is 0.326 e. The van der Waals surface area contributed by atoms with Crippen LogP contribution in [0.4, 0.5) is 5.69 Å². The van der Waals surface area contributed by atoms with E-state index in [9.17, 15) is 4.79 Å². The maximum Gasteiger partial charge on any atom is 0.227 e. The van der Waals surface area contributed by atoms with Crippen LogP contribution in [0.15, 0.2) is 18.2 Å². The normalized spacial score (nSPS) is 29.6. The molecule has 0 aromatic heterocycles. The second-order valence-electron chi connectivity index (χ2n) is 5.73. The quantitative estimate of drug-likeness (QED) is 0.858. The van der Waals surface area contributed by atoms with Gasteiger partial charge in [0.05, 0.1) is 0 Å². The summed E-state index contributed by atoms with van der Waals surface area (Å²) >= 11 is 5.92. The Bertz CT molecular complexity index is 485. The fourth-order valence-electron chi connectivity index (χ4n) is 3.56. The minimum atomic E-state index is 0.202. The van der Waals surface area contributed by atoms with Crippen LogP contribution in [0, 0.1) is 24.7 Å². The highest BCUT2D eigenvalue weighted by Crippen LogP contribution is 2.48. The van der Waals surface area contributed by atoms with E-state index in [4.69, 9.17) is 11.6 Å². The van der Waals surface area contributed by atoms with Gasteiger partial charge in [0.25, 0.3) is 0 Å². The summed E-state index contributed by atoms with van der Waals surface area (Å²) in [5, 5.41) is 3.78. The highest BCUT2D eigenvalue weighted by molar-refractivity contribution is 6.30. The monoisotopic (exact) mass is 263 g/mol. The van der Waals surface area contributed by atoms with Crippen molar-refractivity contribution in [1.82, 2.24) is 0 Å². The van der Waals surface area contributed by atoms with Crippen LogP contribution in [0.25, 0.3) is 0 Å². The van der Waals surface area contributed by atoms with Crippen LogP contribution < -0.4 is 5.32 Å². The number of nitrogens with one attached hydrogen (secondary N) is 1. The van der Waals surface area contributed by atoms with Gasteiger partial charge in [0, 0.05) is 16.6 Å². The van der Waals surface area contributed by atoms with Crippen molar-refractivity contribution in [1.29, 1.82) is 0 Å². The SMILES string of the molecule is Cc1cc(Cl)ccc1NC(=O)[C@H]1C[C@H]2CC[C@H]1C2.